The molecule has 0 bridgehead atoms. The number of nitrogens with one attached hydrogen (secondary N) is 1. The molecule has 1 atom stereocenters. The van der Waals surface area contributed by atoms with Gasteiger partial charge in [-0.25, -0.2) is 8.42 Å². The second-order valence-corrected chi connectivity index (χ2v) is 8.11. The fourth-order valence-corrected chi connectivity index (χ4v) is 4.41. The van der Waals surface area contributed by atoms with E-state index in [0.29, 0.717) is 10.0 Å². The Balaban J connectivity index is 2.31. The number of anilines is 1. The molecule has 0 radical (unpaired) electrons. The van der Waals surface area contributed by atoms with Crippen molar-refractivity contribution in [2.24, 2.45) is 5.73 Å². The van der Waals surface area contributed by atoms with Crippen LogP contribution < -0.4 is 10.5 Å². The number of benzene rings is 1. The molecule has 20 heavy (non-hydrogen) atoms. The summed E-state index contributed by atoms with van der Waals surface area (Å²) in [6.45, 7) is 3.62. The van der Waals surface area contributed by atoms with Crippen molar-refractivity contribution in [1.82, 2.24) is 0 Å². The van der Waals surface area contributed by atoms with E-state index in [1.807, 2.05) is 13.0 Å². The van der Waals surface area contributed by atoms with Gasteiger partial charge in [0.05, 0.1) is 4.34 Å². The van der Waals surface area contributed by atoms with Gasteiger partial charge in [0.15, 0.2) is 0 Å². The van der Waals surface area contributed by atoms with Crippen molar-refractivity contribution in [2.45, 2.75) is 24.1 Å². The van der Waals surface area contributed by atoms with Gasteiger partial charge in [-0.15, -0.1) is 11.3 Å². The molecule has 0 spiro atoms. The molecule has 108 valence electrons. The minimum atomic E-state index is -3.61. The average Bonchev–Trinajstić information content (AvgIpc) is 2.70. The van der Waals surface area contributed by atoms with Gasteiger partial charge in [0.2, 0.25) is 0 Å². The van der Waals surface area contributed by atoms with E-state index in [9.17, 15) is 8.42 Å². The molecule has 1 heterocycles. The first-order valence-electron chi connectivity index (χ1n) is 5.94. The van der Waals surface area contributed by atoms with Crippen LogP contribution in [-0.2, 0) is 10.0 Å². The summed E-state index contributed by atoms with van der Waals surface area (Å²) in [5.41, 5.74) is 7.89. The highest BCUT2D eigenvalue weighted by Gasteiger charge is 2.18. The van der Waals surface area contributed by atoms with Crippen LogP contribution in [0.2, 0.25) is 4.34 Å². The van der Waals surface area contributed by atoms with Crippen molar-refractivity contribution < 1.29 is 8.42 Å². The monoisotopic (exact) mass is 330 g/mol. The molecule has 2 rings (SSSR count). The Morgan fingerprint density at radius 3 is 2.60 bits per heavy atom. The van der Waals surface area contributed by atoms with E-state index in [-0.39, 0.29) is 10.3 Å². The Labute approximate surface area is 127 Å². The van der Waals surface area contributed by atoms with E-state index in [1.54, 1.807) is 31.2 Å². The Hall–Kier alpha value is -1.08. The highest BCUT2D eigenvalue weighted by molar-refractivity contribution is 7.94. The second kappa shape index (κ2) is 5.73. The zero-order valence-electron chi connectivity index (χ0n) is 11.1. The van der Waals surface area contributed by atoms with Crippen LogP contribution in [0.25, 0.3) is 0 Å². The lowest BCUT2D eigenvalue weighted by molar-refractivity contribution is 0.603. The van der Waals surface area contributed by atoms with Crippen LogP contribution in [0.4, 0.5) is 5.69 Å². The molecule has 0 aliphatic rings. The largest absolute Gasteiger partial charge is 0.324 e. The Morgan fingerprint density at radius 2 is 2.05 bits per heavy atom. The smallest absolute Gasteiger partial charge is 0.271 e. The normalized spacial score (nSPS) is 13.2. The predicted molar refractivity (Wildman–Crippen MR) is 83.9 cm³/mol. The Morgan fingerprint density at radius 1 is 1.35 bits per heavy atom. The zero-order valence-corrected chi connectivity index (χ0v) is 13.4. The van der Waals surface area contributed by atoms with E-state index >= 15 is 0 Å². The molecule has 1 unspecified atom stereocenters. The quantitative estimate of drug-likeness (QED) is 0.900. The van der Waals surface area contributed by atoms with Gasteiger partial charge in [-0.05, 0) is 43.2 Å². The van der Waals surface area contributed by atoms with Crippen LogP contribution >= 0.6 is 22.9 Å². The summed E-state index contributed by atoms with van der Waals surface area (Å²) in [6, 6.07) is 8.44. The molecule has 0 saturated carbocycles. The fraction of sp³-hybridized carbons (Fsp3) is 0.231. The van der Waals surface area contributed by atoms with Crippen LogP contribution in [-0.4, -0.2) is 8.42 Å². The maximum Gasteiger partial charge on any atom is 0.271 e. The molecule has 0 fully saturated rings. The molecule has 0 aliphatic heterocycles. The third-order valence-electron chi connectivity index (χ3n) is 2.76. The van der Waals surface area contributed by atoms with E-state index < -0.39 is 10.0 Å². The summed E-state index contributed by atoms with van der Waals surface area (Å²) in [5, 5.41) is 0. The topological polar surface area (TPSA) is 72.2 Å². The third-order valence-corrected chi connectivity index (χ3v) is 6.17. The standard InChI is InChI=1S/C13H15ClN2O2S2/c1-8-6-12(19-13(8)14)20(17,18)16-11-5-3-4-10(7-11)9(2)15/h3-7,9,16H,15H2,1-2H3. The molecule has 1 aromatic carbocycles. The lowest BCUT2D eigenvalue weighted by Crippen LogP contribution is -2.12. The number of nitrogens with two attached hydrogens (primary N) is 1. The molecule has 1 aromatic heterocycles. The van der Waals surface area contributed by atoms with Crippen molar-refractivity contribution in [3.63, 3.8) is 0 Å². The fourth-order valence-electron chi connectivity index (χ4n) is 1.66. The summed E-state index contributed by atoms with van der Waals surface area (Å²) in [6.07, 6.45) is 0. The molecule has 7 heteroatoms. The summed E-state index contributed by atoms with van der Waals surface area (Å²) in [5.74, 6) is 0. The van der Waals surface area contributed by atoms with Gasteiger partial charge < -0.3 is 5.73 Å². The molecular weight excluding hydrogens is 316 g/mol. The molecule has 0 saturated heterocycles. The van der Waals surface area contributed by atoms with Crippen LogP contribution in [0.3, 0.4) is 0 Å². The predicted octanol–water partition coefficient (Wildman–Crippen LogP) is 3.53. The highest BCUT2D eigenvalue weighted by atomic mass is 35.5. The molecule has 0 amide bonds. The molecule has 4 nitrogen and oxygen atoms in total. The van der Waals surface area contributed by atoms with E-state index in [4.69, 9.17) is 17.3 Å². The maximum atomic E-state index is 12.3. The first-order valence-corrected chi connectivity index (χ1v) is 8.61. The number of sulfonamides is 1. The summed E-state index contributed by atoms with van der Waals surface area (Å²) in [4.78, 5) is 0. The van der Waals surface area contributed by atoms with E-state index in [2.05, 4.69) is 4.72 Å². The summed E-state index contributed by atoms with van der Waals surface area (Å²) in [7, 11) is -3.61. The summed E-state index contributed by atoms with van der Waals surface area (Å²) >= 11 is 6.96. The lowest BCUT2D eigenvalue weighted by Gasteiger charge is -2.10. The number of hydrogen-bond acceptors (Lipinski definition) is 4. The third kappa shape index (κ3) is 3.32. The minimum absolute atomic E-state index is 0.155. The van der Waals surface area contributed by atoms with Gasteiger partial charge in [0, 0.05) is 11.7 Å². The number of thiophene rings is 1. The second-order valence-electron chi connectivity index (χ2n) is 4.54. The van der Waals surface area contributed by atoms with Crippen molar-refractivity contribution in [2.75, 3.05) is 4.72 Å². The molecule has 2 aromatic rings. The number of hydrogen-bond donors (Lipinski definition) is 2. The Bertz CT molecular complexity index is 704. The van der Waals surface area contributed by atoms with Gasteiger partial charge in [-0.1, -0.05) is 23.7 Å². The van der Waals surface area contributed by atoms with Crippen molar-refractivity contribution in [3.05, 3.63) is 45.8 Å². The average molecular weight is 331 g/mol. The summed E-state index contributed by atoms with van der Waals surface area (Å²) < 4.78 is 27.7. The Kier molecular flexibility index (Phi) is 4.39. The number of aryl methyl sites for hydroxylation is 1. The van der Waals surface area contributed by atoms with Crippen molar-refractivity contribution >= 4 is 38.6 Å². The molecule has 3 N–H and O–H groups in total. The highest BCUT2D eigenvalue weighted by Crippen LogP contribution is 2.31. The van der Waals surface area contributed by atoms with Crippen molar-refractivity contribution in [3.8, 4) is 0 Å². The van der Waals surface area contributed by atoms with Crippen LogP contribution in [0, 0.1) is 6.92 Å². The van der Waals surface area contributed by atoms with Gasteiger partial charge in [-0.3, -0.25) is 4.72 Å². The van der Waals surface area contributed by atoms with Crippen LogP contribution in [0.1, 0.15) is 24.1 Å². The van der Waals surface area contributed by atoms with Gasteiger partial charge in [0.25, 0.3) is 10.0 Å². The molecule has 0 aliphatic carbocycles. The molecular formula is C13H15ClN2O2S2. The van der Waals surface area contributed by atoms with Crippen LogP contribution in [0.5, 0.6) is 0 Å². The van der Waals surface area contributed by atoms with Gasteiger partial charge in [-0.2, -0.15) is 0 Å². The van der Waals surface area contributed by atoms with Gasteiger partial charge >= 0.3 is 0 Å². The number of halogens is 1. The maximum absolute atomic E-state index is 12.3. The SMILES string of the molecule is Cc1cc(S(=O)(=O)Nc2cccc(C(C)N)c2)sc1Cl. The van der Waals surface area contributed by atoms with E-state index in [1.165, 1.54) is 0 Å². The minimum Gasteiger partial charge on any atom is -0.324 e. The zero-order chi connectivity index (χ0) is 14.9. The first kappa shape index (κ1) is 15.3. The first-order chi connectivity index (χ1) is 9.29. The van der Waals surface area contributed by atoms with E-state index in [0.717, 1.165) is 22.5 Å². The number of rotatable bonds is 4. The van der Waals surface area contributed by atoms with Gasteiger partial charge in [0.1, 0.15) is 4.21 Å². The van der Waals surface area contributed by atoms with Crippen LogP contribution in [0.15, 0.2) is 34.5 Å². The lowest BCUT2D eigenvalue weighted by atomic mass is 10.1. The van der Waals surface area contributed by atoms with Crippen molar-refractivity contribution in [1.29, 1.82) is 0 Å².